The third-order valence-electron chi connectivity index (χ3n) is 3.73. The number of rotatable bonds is 5. The number of hydrogen-bond acceptors (Lipinski definition) is 3. The first kappa shape index (κ1) is 15.5. The summed E-state index contributed by atoms with van der Waals surface area (Å²) < 4.78 is 6.19. The van der Waals surface area contributed by atoms with E-state index in [-0.39, 0.29) is 12.0 Å². The summed E-state index contributed by atoms with van der Waals surface area (Å²) in [4.78, 5) is 14.3. The molecule has 0 aliphatic carbocycles. The van der Waals surface area contributed by atoms with E-state index in [0.29, 0.717) is 13.0 Å². The first-order valence-electron chi connectivity index (χ1n) is 7.36. The summed E-state index contributed by atoms with van der Waals surface area (Å²) in [6.07, 6.45) is 4.16. The third-order valence-corrected chi connectivity index (χ3v) is 4.22. The minimum atomic E-state index is -0.108. The van der Waals surface area contributed by atoms with Crippen molar-refractivity contribution in [1.29, 1.82) is 0 Å². The van der Waals surface area contributed by atoms with E-state index in [9.17, 15) is 4.79 Å². The summed E-state index contributed by atoms with van der Waals surface area (Å²) in [6.45, 7) is 4.43. The lowest BCUT2D eigenvalue weighted by Gasteiger charge is -2.34. The Hall–Kier alpha value is -0.870. The van der Waals surface area contributed by atoms with Crippen molar-refractivity contribution in [3.8, 4) is 0 Å². The molecule has 20 heavy (non-hydrogen) atoms. The molecule has 0 amide bonds. The van der Waals surface area contributed by atoms with Crippen LogP contribution in [0.1, 0.15) is 44.2 Å². The van der Waals surface area contributed by atoms with E-state index in [1.165, 1.54) is 24.8 Å². The van der Waals surface area contributed by atoms with Gasteiger partial charge in [0.25, 0.3) is 0 Å². The molecule has 3 nitrogen and oxygen atoms in total. The van der Waals surface area contributed by atoms with Crippen LogP contribution in [0.25, 0.3) is 0 Å². The molecule has 2 rings (SSSR count). The minimum absolute atomic E-state index is 0.108. The van der Waals surface area contributed by atoms with E-state index in [4.69, 9.17) is 4.74 Å². The fraction of sp³-hybridized carbons (Fsp3) is 0.562. The zero-order chi connectivity index (χ0) is 14.4. The van der Waals surface area contributed by atoms with Crippen LogP contribution in [-0.2, 0) is 9.53 Å². The van der Waals surface area contributed by atoms with Gasteiger partial charge < -0.3 is 4.74 Å². The molecule has 1 saturated heterocycles. The second kappa shape index (κ2) is 7.79. The Bertz CT molecular complexity index is 444. The highest BCUT2D eigenvalue weighted by molar-refractivity contribution is 9.10. The Labute approximate surface area is 129 Å². The number of piperidine rings is 1. The molecule has 1 fully saturated rings. The zero-order valence-corrected chi connectivity index (χ0v) is 13.6. The maximum absolute atomic E-state index is 11.9. The summed E-state index contributed by atoms with van der Waals surface area (Å²) in [5.41, 5.74) is 1.19. The number of nitrogens with zero attached hydrogens (tertiary/aromatic N) is 1. The molecule has 1 aliphatic heterocycles. The number of halogens is 1. The van der Waals surface area contributed by atoms with Gasteiger partial charge in [0, 0.05) is 10.5 Å². The van der Waals surface area contributed by atoms with E-state index in [2.05, 4.69) is 33.0 Å². The Morgan fingerprint density at radius 1 is 1.35 bits per heavy atom. The molecule has 4 heteroatoms. The lowest BCUT2D eigenvalue weighted by Crippen LogP contribution is -2.35. The zero-order valence-electron chi connectivity index (χ0n) is 12.0. The van der Waals surface area contributed by atoms with E-state index < -0.39 is 0 Å². The maximum atomic E-state index is 11.9. The summed E-state index contributed by atoms with van der Waals surface area (Å²) in [6, 6.07) is 8.39. The van der Waals surface area contributed by atoms with Gasteiger partial charge in [0.1, 0.15) is 0 Å². The molecule has 1 aromatic carbocycles. The fourth-order valence-electron chi connectivity index (χ4n) is 2.78. The van der Waals surface area contributed by atoms with Crippen LogP contribution >= 0.6 is 15.9 Å². The molecule has 1 aliphatic rings. The topological polar surface area (TPSA) is 29.5 Å². The van der Waals surface area contributed by atoms with Crippen LogP contribution in [0, 0.1) is 0 Å². The molecule has 1 aromatic rings. The van der Waals surface area contributed by atoms with Gasteiger partial charge >= 0.3 is 5.97 Å². The van der Waals surface area contributed by atoms with Crippen molar-refractivity contribution in [2.24, 2.45) is 0 Å². The van der Waals surface area contributed by atoms with Crippen molar-refractivity contribution < 1.29 is 9.53 Å². The molecular weight excluding hydrogens is 318 g/mol. The fourth-order valence-corrected chi connectivity index (χ4v) is 3.20. The van der Waals surface area contributed by atoms with Gasteiger partial charge in [-0.2, -0.15) is 0 Å². The predicted molar refractivity (Wildman–Crippen MR) is 83.6 cm³/mol. The molecule has 1 atom stereocenters. The Kier molecular flexibility index (Phi) is 6.05. The number of likely N-dealkylation sites (tertiary alicyclic amines) is 1. The van der Waals surface area contributed by atoms with Gasteiger partial charge in [-0.3, -0.25) is 9.69 Å². The highest BCUT2D eigenvalue weighted by Gasteiger charge is 2.25. The lowest BCUT2D eigenvalue weighted by atomic mass is 9.99. The van der Waals surface area contributed by atoms with Crippen LogP contribution in [0.4, 0.5) is 0 Å². The van der Waals surface area contributed by atoms with Gasteiger partial charge in [0.05, 0.1) is 13.0 Å². The first-order chi connectivity index (χ1) is 9.70. The van der Waals surface area contributed by atoms with E-state index in [0.717, 1.165) is 17.6 Å². The molecule has 0 aromatic heterocycles. The molecule has 1 heterocycles. The third kappa shape index (κ3) is 4.32. The average molecular weight is 340 g/mol. The summed E-state index contributed by atoms with van der Waals surface area (Å²) >= 11 is 3.52. The molecule has 0 saturated carbocycles. The average Bonchev–Trinajstić information content (AvgIpc) is 2.46. The van der Waals surface area contributed by atoms with Crippen LogP contribution in [0.2, 0.25) is 0 Å². The summed E-state index contributed by atoms with van der Waals surface area (Å²) in [5, 5.41) is 0. The van der Waals surface area contributed by atoms with Crippen molar-refractivity contribution >= 4 is 21.9 Å². The van der Waals surface area contributed by atoms with Gasteiger partial charge in [-0.05, 0) is 50.6 Å². The molecular formula is C16H22BrNO2. The lowest BCUT2D eigenvalue weighted by molar-refractivity contribution is -0.144. The minimum Gasteiger partial charge on any atom is -0.466 e. The predicted octanol–water partition coefficient (Wildman–Crippen LogP) is 3.93. The SMILES string of the molecule is CCOC(=O)CC(c1cccc(Br)c1)N1CCCCC1. The maximum Gasteiger partial charge on any atom is 0.307 e. The summed E-state index contributed by atoms with van der Waals surface area (Å²) in [5.74, 6) is -0.108. The number of carbonyl (C=O) groups is 1. The highest BCUT2D eigenvalue weighted by Crippen LogP contribution is 2.29. The number of esters is 1. The Morgan fingerprint density at radius 3 is 2.75 bits per heavy atom. The van der Waals surface area contributed by atoms with Crippen molar-refractivity contribution in [1.82, 2.24) is 4.90 Å². The van der Waals surface area contributed by atoms with Crippen molar-refractivity contribution in [2.45, 2.75) is 38.6 Å². The van der Waals surface area contributed by atoms with Crippen molar-refractivity contribution in [3.63, 3.8) is 0 Å². The van der Waals surface area contributed by atoms with E-state index in [1.54, 1.807) is 0 Å². The standard InChI is InChI=1S/C16H22BrNO2/c1-2-20-16(19)12-15(18-9-4-3-5-10-18)13-7-6-8-14(17)11-13/h6-8,11,15H,2-5,9-10,12H2,1H3. The van der Waals surface area contributed by atoms with Crippen LogP contribution in [0.3, 0.4) is 0 Å². The van der Waals surface area contributed by atoms with Crippen molar-refractivity contribution in [2.75, 3.05) is 19.7 Å². The normalized spacial score (nSPS) is 17.7. The molecule has 110 valence electrons. The molecule has 0 bridgehead atoms. The van der Waals surface area contributed by atoms with Crippen molar-refractivity contribution in [3.05, 3.63) is 34.3 Å². The van der Waals surface area contributed by atoms with Gasteiger partial charge in [-0.1, -0.05) is 34.5 Å². The second-order valence-electron chi connectivity index (χ2n) is 5.18. The van der Waals surface area contributed by atoms with Crippen LogP contribution < -0.4 is 0 Å². The second-order valence-corrected chi connectivity index (χ2v) is 6.09. The number of benzene rings is 1. The number of ether oxygens (including phenoxy) is 1. The van der Waals surface area contributed by atoms with Gasteiger partial charge in [-0.25, -0.2) is 0 Å². The van der Waals surface area contributed by atoms with Gasteiger partial charge in [0.2, 0.25) is 0 Å². The van der Waals surface area contributed by atoms with Gasteiger partial charge in [-0.15, -0.1) is 0 Å². The van der Waals surface area contributed by atoms with Crippen LogP contribution in [0.5, 0.6) is 0 Å². The smallest absolute Gasteiger partial charge is 0.307 e. The quantitative estimate of drug-likeness (QED) is 0.761. The van der Waals surface area contributed by atoms with Crippen LogP contribution in [0.15, 0.2) is 28.7 Å². The number of carbonyl (C=O) groups excluding carboxylic acids is 1. The highest BCUT2D eigenvalue weighted by atomic mass is 79.9. The first-order valence-corrected chi connectivity index (χ1v) is 8.15. The molecule has 0 spiro atoms. The van der Waals surface area contributed by atoms with E-state index in [1.807, 2.05) is 19.1 Å². The Morgan fingerprint density at radius 2 is 2.10 bits per heavy atom. The van der Waals surface area contributed by atoms with Gasteiger partial charge in [0.15, 0.2) is 0 Å². The molecule has 1 unspecified atom stereocenters. The molecule has 0 radical (unpaired) electrons. The number of hydrogen-bond donors (Lipinski definition) is 0. The largest absolute Gasteiger partial charge is 0.466 e. The molecule has 0 N–H and O–H groups in total. The Balaban J connectivity index is 2.16. The summed E-state index contributed by atoms with van der Waals surface area (Å²) in [7, 11) is 0. The monoisotopic (exact) mass is 339 g/mol. The van der Waals surface area contributed by atoms with E-state index >= 15 is 0 Å². The van der Waals surface area contributed by atoms with Crippen LogP contribution in [-0.4, -0.2) is 30.6 Å².